The molecule has 31 heavy (non-hydrogen) atoms. The van der Waals surface area contributed by atoms with E-state index in [0.717, 1.165) is 11.0 Å². The van der Waals surface area contributed by atoms with Crippen LogP contribution in [0.3, 0.4) is 0 Å². The minimum Gasteiger partial charge on any atom is -0.453 e. The number of nitrogens with one attached hydrogen (secondary N) is 1. The van der Waals surface area contributed by atoms with Gasteiger partial charge in [-0.05, 0) is 24.3 Å². The first kappa shape index (κ1) is 21.8. The molecule has 0 bridgehead atoms. The smallest absolute Gasteiger partial charge is 0.234 e. The van der Waals surface area contributed by atoms with Gasteiger partial charge in [0.15, 0.2) is 10.9 Å². The lowest BCUT2D eigenvalue weighted by atomic mass is 10.2. The van der Waals surface area contributed by atoms with Crippen molar-refractivity contribution in [2.45, 2.75) is 11.7 Å². The lowest BCUT2D eigenvalue weighted by Crippen LogP contribution is -2.15. The van der Waals surface area contributed by atoms with Gasteiger partial charge in [-0.2, -0.15) is 0 Å². The summed E-state index contributed by atoms with van der Waals surface area (Å²) in [7, 11) is 0. The summed E-state index contributed by atoms with van der Waals surface area (Å²) in [6.07, 6.45) is 1.73. The van der Waals surface area contributed by atoms with Crippen molar-refractivity contribution in [3.05, 3.63) is 70.2 Å². The van der Waals surface area contributed by atoms with E-state index in [4.69, 9.17) is 39.2 Å². The zero-order chi connectivity index (χ0) is 22.0. The zero-order valence-corrected chi connectivity index (χ0v) is 19.0. The maximum Gasteiger partial charge on any atom is 0.234 e. The summed E-state index contributed by atoms with van der Waals surface area (Å²) in [5, 5.41) is 13.6. The van der Waals surface area contributed by atoms with E-state index in [-0.39, 0.29) is 21.7 Å². The van der Waals surface area contributed by atoms with E-state index in [2.05, 4.69) is 22.1 Å². The lowest BCUT2D eigenvalue weighted by Gasteiger charge is -2.10. The van der Waals surface area contributed by atoms with E-state index in [0.29, 0.717) is 34.0 Å². The van der Waals surface area contributed by atoms with Crippen LogP contribution in [0.5, 0.6) is 0 Å². The van der Waals surface area contributed by atoms with Crippen LogP contribution >= 0.6 is 46.6 Å². The average Bonchev–Trinajstić information content (AvgIpc) is 3.33. The minimum absolute atomic E-state index is 0.0741. The highest BCUT2D eigenvalue weighted by atomic mass is 35.5. The SMILES string of the molecule is C=CCn1c(SCC(=O)Nc2c(Cl)cc(Cl)cc2Cl)nnc1-c1cc2ccccc2o1. The Hall–Kier alpha value is -2.45. The molecule has 1 amide bonds. The summed E-state index contributed by atoms with van der Waals surface area (Å²) in [6, 6.07) is 12.6. The number of benzene rings is 2. The molecular formula is C21H15Cl3N4O2S. The third-order valence-corrected chi connectivity index (χ3v) is 6.06. The Morgan fingerprint density at radius 1 is 1.16 bits per heavy atom. The molecule has 0 aliphatic rings. The van der Waals surface area contributed by atoms with E-state index in [1.54, 1.807) is 6.08 Å². The Kier molecular flexibility index (Phi) is 6.57. The van der Waals surface area contributed by atoms with Gasteiger partial charge in [0.25, 0.3) is 0 Å². The number of anilines is 1. The van der Waals surface area contributed by atoms with Crippen molar-refractivity contribution in [1.82, 2.24) is 14.8 Å². The number of hydrogen-bond donors (Lipinski definition) is 1. The topological polar surface area (TPSA) is 73.0 Å². The van der Waals surface area contributed by atoms with E-state index < -0.39 is 0 Å². The molecule has 2 heterocycles. The van der Waals surface area contributed by atoms with Gasteiger partial charge >= 0.3 is 0 Å². The van der Waals surface area contributed by atoms with Crippen molar-refractivity contribution >= 4 is 69.1 Å². The first-order valence-corrected chi connectivity index (χ1v) is 11.2. The molecule has 10 heteroatoms. The fraction of sp³-hybridized carbons (Fsp3) is 0.0952. The molecule has 6 nitrogen and oxygen atoms in total. The fourth-order valence-electron chi connectivity index (χ4n) is 2.93. The summed E-state index contributed by atoms with van der Waals surface area (Å²) >= 11 is 19.4. The van der Waals surface area contributed by atoms with Gasteiger partial charge in [-0.3, -0.25) is 9.36 Å². The van der Waals surface area contributed by atoms with Gasteiger partial charge in [0.05, 0.1) is 21.5 Å². The van der Waals surface area contributed by atoms with Crippen molar-refractivity contribution < 1.29 is 9.21 Å². The molecule has 0 saturated carbocycles. The van der Waals surface area contributed by atoms with Gasteiger partial charge in [0, 0.05) is 17.0 Å². The van der Waals surface area contributed by atoms with Crippen molar-refractivity contribution in [3.8, 4) is 11.6 Å². The van der Waals surface area contributed by atoms with Crippen molar-refractivity contribution in [1.29, 1.82) is 0 Å². The summed E-state index contributed by atoms with van der Waals surface area (Å²) in [6.45, 7) is 4.25. The van der Waals surface area contributed by atoms with Crippen LogP contribution in [-0.2, 0) is 11.3 Å². The molecule has 0 unspecified atom stereocenters. The molecule has 0 aliphatic heterocycles. The van der Waals surface area contributed by atoms with Crippen molar-refractivity contribution in [3.63, 3.8) is 0 Å². The number of furan rings is 1. The van der Waals surface area contributed by atoms with Gasteiger partial charge in [-0.1, -0.05) is 70.8 Å². The highest BCUT2D eigenvalue weighted by Crippen LogP contribution is 2.34. The van der Waals surface area contributed by atoms with Crippen LogP contribution in [0.25, 0.3) is 22.6 Å². The quantitative estimate of drug-likeness (QED) is 0.233. The molecule has 4 aromatic rings. The van der Waals surface area contributed by atoms with E-state index >= 15 is 0 Å². The van der Waals surface area contributed by atoms with Crippen molar-refractivity contribution in [2.75, 3.05) is 11.1 Å². The van der Waals surface area contributed by atoms with Gasteiger partial charge in [0.2, 0.25) is 11.7 Å². The van der Waals surface area contributed by atoms with Gasteiger partial charge in [-0.25, -0.2) is 0 Å². The number of halogens is 3. The molecule has 0 radical (unpaired) electrons. The van der Waals surface area contributed by atoms with Crippen LogP contribution < -0.4 is 5.32 Å². The van der Waals surface area contributed by atoms with Crippen molar-refractivity contribution in [2.24, 2.45) is 0 Å². The molecule has 1 N–H and O–H groups in total. The third-order valence-electron chi connectivity index (χ3n) is 4.28. The van der Waals surface area contributed by atoms with Crippen LogP contribution in [0.15, 0.2) is 64.7 Å². The summed E-state index contributed by atoms with van der Waals surface area (Å²) in [4.78, 5) is 12.5. The van der Waals surface area contributed by atoms with Crippen LogP contribution in [-0.4, -0.2) is 26.4 Å². The number of thioether (sulfide) groups is 1. The monoisotopic (exact) mass is 492 g/mol. The van der Waals surface area contributed by atoms with Crippen LogP contribution in [0.1, 0.15) is 0 Å². The van der Waals surface area contributed by atoms with E-state index in [1.807, 2.05) is 34.9 Å². The Balaban J connectivity index is 1.52. The maximum atomic E-state index is 12.5. The molecule has 2 aromatic heterocycles. The Morgan fingerprint density at radius 2 is 1.90 bits per heavy atom. The molecule has 0 fully saturated rings. The number of carbonyl (C=O) groups is 1. The number of carbonyl (C=O) groups excluding carboxylic acids is 1. The van der Waals surface area contributed by atoms with Gasteiger partial charge in [-0.15, -0.1) is 16.8 Å². The van der Waals surface area contributed by atoms with E-state index in [9.17, 15) is 4.79 Å². The first-order valence-electron chi connectivity index (χ1n) is 9.06. The molecule has 0 saturated heterocycles. The second kappa shape index (κ2) is 9.36. The van der Waals surface area contributed by atoms with Crippen LogP contribution in [0, 0.1) is 0 Å². The second-order valence-corrected chi connectivity index (χ2v) is 8.63. The standard InChI is InChI=1S/C21H15Cl3N4O2S/c1-2-7-28-20(17-8-12-5-3-4-6-16(12)30-17)26-27-21(28)31-11-18(29)25-19-14(23)9-13(22)10-15(19)24/h2-6,8-10H,1,7,11H2,(H,25,29). The maximum absolute atomic E-state index is 12.5. The molecule has 2 aromatic carbocycles. The van der Waals surface area contributed by atoms with Gasteiger partial charge in [0.1, 0.15) is 5.58 Å². The second-order valence-electron chi connectivity index (χ2n) is 6.44. The largest absolute Gasteiger partial charge is 0.453 e. The zero-order valence-electron chi connectivity index (χ0n) is 15.9. The predicted molar refractivity (Wildman–Crippen MR) is 126 cm³/mol. The highest BCUT2D eigenvalue weighted by molar-refractivity contribution is 7.99. The summed E-state index contributed by atoms with van der Waals surface area (Å²) in [5.74, 6) is 0.925. The molecule has 0 spiro atoms. The minimum atomic E-state index is -0.297. The number of nitrogens with zero attached hydrogens (tertiary/aromatic N) is 3. The molecule has 4 rings (SSSR count). The summed E-state index contributed by atoms with van der Waals surface area (Å²) in [5.41, 5.74) is 1.07. The number of allylic oxidation sites excluding steroid dienone is 1. The molecule has 158 valence electrons. The Morgan fingerprint density at radius 3 is 2.61 bits per heavy atom. The molecular weight excluding hydrogens is 479 g/mol. The van der Waals surface area contributed by atoms with Crippen LogP contribution in [0.4, 0.5) is 5.69 Å². The Labute approximate surface area is 197 Å². The van der Waals surface area contributed by atoms with Crippen LogP contribution in [0.2, 0.25) is 15.1 Å². The Bertz CT molecular complexity index is 1230. The molecule has 0 atom stereocenters. The highest BCUT2D eigenvalue weighted by Gasteiger charge is 2.19. The average molecular weight is 494 g/mol. The number of aromatic nitrogens is 3. The normalized spacial score (nSPS) is 11.1. The lowest BCUT2D eigenvalue weighted by molar-refractivity contribution is -0.113. The van der Waals surface area contributed by atoms with E-state index in [1.165, 1.54) is 23.9 Å². The predicted octanol–water partition coefficient (Wildman–Crippen LogP) is 6.57. The number of para-hydroxylation sites is 1. The number of amides is 1. The first-order chi connectivity index (χ1) is 15.0. The number of fused-ring (bicyclic) bond motifs is 1. The summed E-state index contributed by atoms with van der Waals surface area (Å²) < 4.78 is 7.75. The fourth-order valence-corrected chi connectivity index (χ4v) is 4.59. The molecule has 0 aliphatic carbocycles. The number of rotatable bonds is 7. The van der Waals surface area contributed by atoms with Gasteiger partial charge < -0.3 is 9.73 Å². The third kappa shape index (κ3) is 4.75. The number of hydrogen-bond acceptors (Lipinski definition) is 5.